The van der Waals surface area contributed by atoms with Gasteiger partial charge in [-0.05, 0) is 37.1 Å². The van der Waals surface area contributed by atoms with Crippen LogP contribution in [0.25, 0.3) is 11.2 Å². The molecule has 0 saturated heterocycles. The number of hydrogen-bond donors (Lipinski definition) is 6. The zero-order chi connectivity index (χ0) is 29.2. The van der Waals surface area contributed by atoms with Crippen LogP contribution in [0.15, 0.2) is 35.3 Å². The van der Waals surface area contributed by atoms with E-state index in [1.54, 1.807) is 12.1 Å². The summed E-state index contributed by atoms with van der Waals surface area (Å²) >= 11 is 0. The molecule has 0 bridgehead atoms. The van der Waals surface area contributed by atoms with Crippen molar-refractivity contribution < 1.29 is 34.2 Å². The first-order valence-corrected chi connectivity index (χ1v) is 11.8. The van der Waals surface area contributed by atoms with E-state index in [-0.39, 0.29) is 42.2 Å². The predicted octanol–water partition coefficient (Wildman–Crippen LogP) is -1.69. The standard InChI is InChI=1S/C19H19N7O6.C5H14NO/c20-19-25-15-14(17(30)26-19)23-11(8-22-15)7-21-10-3-1-9(2-4-10)16(29)24-12(18(31)32)5-6-13(27)28;1-6(2,3)4-5-7/h1-4,8,12,21H,5-7H2,(H,24,29)(H,27,28)(H,31,32)(H3,20,22,25,26,30);7H,4-5H2,1-3H3/q;+1/p-1/t12-;/m0./s1. The van der Waals surface area contributed by atoms with Gasteiger partial charge in [0.2, 0.25) is 5.95 Å². The smallest absolute Gasteiger partial charge is 0.326 e. The molecule has 39 heavy (non-hydrogen) atoms. The van der Waals surface area contributed by atoms with E-state index in [1.807, 2.05) is 0 Å². The third-order valence-corrected chi connectivity index (χ3v) is 5.12. The van der Waals surface area contributed by atoms with Crippen LogP contribution in [0.2, 0.25) is 0 Å². The Morgan fingerprint density at radius 3 is 2.36 bits per heavy atom. The number of hydrogen-bond acceptors (Lipinski definition) is 11. The van der Waals surface area contributed by atoms with E-state index < -0.39 is 35.9 Å². The molecule has 2 heterocycles. The van der Waals surface area contributed by atoms with Crippen LogP contribution in [0.5, 0.6) is 0 Å². The maximum Gasteiger partial charge on any atom is 0.326 e. The number of carbonyl (C=O) groups excluding carboxylic acids is 2. The molecule has 2 aromatic heterocycles. The number of fused-ring (bicyclic) bond motifs is 1. The van der Waals surface area contributed by atoms with Gasteiger partial charge in [0.1, 0.15) is 12.6 Å². The molecule has 15 nitrogen and oxygen atoms in total. The summed E-state index contributed by atoms with van der Waals surface area (Å²) in [5.41, 5.74) is 6.43. The van der Waals surface area contributed by atoms with E-state index in [0.717, 1.165) is 11.0 Å². The number of H-pyrrole nitrogens is 1. The molecule has 3 aromatic rings. The van der Waals surface area contributed by atoms with Gasteiger partial charge >= 0.3 is 5.97 Å². The highest BCUT2D eigenvalue weighted by Gasteiger charge is 2.20. The average Bonchev–Trinajstić information content (AvgIpc) is 2.85. The fourth-order valence-electron chi connectivity index (χ4n) is 3.05. The zero-order valence-corrected chi connectivity index (χ0v) is 21.8. The van der Waals surface area contributed by atoms with Crippen molar-refractivity contribution in [2.45, 2.75) is 25.4 Å². The van der Waals surface area contributed by atoms with Gasteiger partial charge in [-0.25, -0.2) is 14.8 Å². The zero-order valence-electron chi connectivity index (χ0n) is 21.8. The Labute approximate surface area is 223 Å². The number of nitrogens with zero attached hydrogens (tertiary/aromatic N) is 4. The van der Waals surface area contributed by atoms with Gasteiger partial charge in [0, 0.05) is 17.2 Å². The maximum absolute atomic E-state index is 12.3. The summed E-state index contributed by atoms with van der Waals surface area (Å²) in [4.78, 5) is 60.4. The molecule has 7 N–H and O–H groups in total. The number of anilines is 2. The molecule has 3 rings (SSSR count). The van der Waals surface area contributed by atoms with E-state index in [0.29, 0.717) is 11.4 Å². The lowest BCUT2D eigenvalue weighted by Gasteiger charge is -2.21. The van der Waals surface area contributed by atoms with E-state index in [2.05, 4.69) is 51.7 Å². The minimum atomic E-state index is -1.40. The van der Waals surface area contributed by atoms with Crippen molar-refractivity contribution in [3.05, 3.63) is 52.1 Å². The van der Waals surface area contributed by atoms with Gasteiger partial charge in [-0.2, -0.15) is 4.98 Å². The van der Waals surface area contributed by atoms with Gasteiger partial charge in [-0.1, -0.05) is 0 Å². The SMILES string of the molecule is C[N+](C)(C)CCO.Nc1nc2ncc(CNc3ccc(C(=O)N[C@@H](CCC(=O)[O-])C(=O)O)cc3)nc2c(=O)[nH]1. The van der Waals surface area contributed by atoms with Crippen molar-refractivity contribution in [3.63, 3.8) is 0 Å². The lowest BCUT2D eigenvalue weighted by molar-refractivity contribution is -0.870. The van der Waals surface area contributed by atoms with E-state index in [9.17, 15) is 24.3 Å². The summed E-state index contributed by atoms with van der Waals surface area (Å²) in [7, 11) is 6.16. The number of aromatic amines is 1. The molecule has 210 valence electrons. The number of nitrogens with two attached hydrogens (primary N) is 1. The molecule has 0 aliphatic carbocycles. The number of carboxylic acid groups (broad SMARTS) is 2. The Bertz CT molecular complexity index is 1350. The molecular formula is C24H32N8O7. The lowest BCUT2D eigenvalue weighted by Crippen LogP contribution is -2.41. The quantitative estimate of drug-likeness (QED) is 0.148. The number of aliphatic hydroxyl groups excluding tert-OH is 1. The van der Waals surface area contributed by atoms with Crippen LogP contribution in [0.3, 0.4) is 0 Å². The number of aliphatic hydroxyl groups is 1. The summed E-state index contributed by atoms with van der Waals surface area (Å²) in [6.45, 7) is 1.34. The maximum atomic E-state index is 12.3. The third-order valence-electron chi connectivity index (χ3n) is 5.12. The normalized spacial score (nSPS) is 11.7. The van der Waals surface area contributed by atoms with Crippen molar-refractivity contribution in [2.75, 3.05) is 45.3 Å². The van der Waals surface area contributed by atoms with Crippen LogP contribution in [-0.2, 0) is 16.1 Å². The minimum Gasteiger partial charge on any atom is -0.550 e. The monoisotopic (exact) mass is 544 g/mol. The Balaban J connectivity index is 0.000000673. The number of aliphatic carboxylic acids is 2. The summed E-state index contributed by atoms with van der Waals surface area (Å²) in [5.74, 6) is -3.46. The number of rotatable bonds is 11. The first-order chi connectivity index (χ1) is 18.3. The second-order valence-corrected chi connectivity index (χ2v) is 9.43. The molecule has 1 aromatic carbocycles. The van der Waals surface area contributed by atoms with E-state index >= 15 is 0 Å². The van der Waals surface area contributed by atoms with Crippen LogP contribution in [0.1, 0.15) is 28.9 Å². The summed E-state index contributed by atoms with van der Waals surface area (Å²) in [6, 6.07) is 4.78. The third kappa shape index (κ3) is 10.3. The summed E-state index contributed by atoms with van der Waals surface area (Å²) < 4.78 is 0.844. The van der Waals surface area contributed by atoms with Crippen molar-refractivity contribution in [3.8, 4) is 0 Å². The number of quaternary nitrogens is 1. The molecule has 0 aliphatic heterocycles. The molecule has 15 heteroatoms. The Kier molecular flexibility index (Phi) is 10.8. The van der Waals surface area contributed by atoms with Gasteiger partial charge in [0.15, 0.2) is 11.2 Å². The highest BCUT2D eigenvalue weighted by atomic mass is 16.4. The van der Waals surface area contributed by atoms with Crippen LogP contribution in [0, 0.1) is 0 Å². The number of likely N-dealkylation sites (N-methyl/N-ethyl adjacent to an activating group) is 1. The molecule has 0 unspecified atom stereocenters. The largest absolute Gasteiger partial charge is 0.550 e. The predicted molar refractivity (Wildman–Crippen MR) is 139 cm³/mol. The number of benzene rings is 1. The van der Waals surface area contributed by atoms with Crippen LogP contribution >= 0.6 is 0 Å². The van der Waals surface area contributed by atoms with Gasteiger partial charge < -0.3 is 41.0 Å². The summed E-state index contributed by atoms with van der Waals surface area (Å²) in [6.07, 6.45) is 0.662. The number of nitrogens with one attached hydrogen (secondary N) is 3. The fraction of sp³-hybridized carbons (Fsp3) is 0.375. The van der Waals surface area contributed by atoms with Gasteiger partial charge in [-0.15, -0.1) is 0 Å². The van der Waals surface area contributed by atoms with Crippen molar-refractivity contribution in [2.24, 2.45) is 0 Å². The van der Waals surface area contributed by atoms with Crippen LogP contribution in [0.4, 0.5) is 11.6 Å². The number of aromatic nitrogens is 4. The van der Waals surface area contributed by atoms with Crippen molar-refractivity contribution in [1.82, 2.24) is 25.3 Å². The highest BCUT2D eigenvalue weighted by molar-refractivity contribution is 5.96. The second-order valence-electron chi connectivity index (χ2n) is 9.43. The Morgan fingerprint density at radius 1 is 1.15 bits per heavy atom. The highest BCUT2D eigenvalue weighted by Crippen LogP contribution is 2.12. The molecule has 1 atom stereocenters. The first kappa shape index (κ1) is 30.6. The summed E-state index contributed by atoms with van der Waals surface area (Å²) in [5, 5.41) is 33.4. The van der Waals surface area contributed by atoms with Crippen molar-refractivity contribution >= 4 is 40.6 Å². The molecular weight excluding hydrogens is 512 g/mol. The molecule has 0 fully saturated rings. The number of carboxylic acids is 2. The lowest BCUT2D eigenvalue weighted by atomic mass is 10.1. The number of amides is 1. The topological polar surface area (TPSA) is 236 Å². The first-order valence-electron chi connectivity index (χ1n) is 11.8. The number of carbonyl (C=O) groups is 3. The molecule has 1 amide bonds. The van der Waals surface area contributed by atoms with E-state index in [4.69, 9.17) is 15.9 Å². The Hall–Kier alpha value is -4.63. The fourth-order valence-corrected chi connectivity index (χ4v) is 3.05. The minimum absolute atomic E-state index is 0.0529. The van der Waals surface area contributed by atoms with Gasteiger partial charge in [-0.3, -0.25) is 14.6 Å². The van der Waals surface area contributed by atoms with Gasteiger partial charge in [0.25, 0.3) is 11.5 Å². The molecule has 0 spiro atoms. The Morgan fingerprint density at radius 2 is 1.82 bits per heavy atom. The van der Waals surface area contributed by atoms with Crippen LogP contribution in [-0.4, -0.2) is 92.8 Å². The second kappa shape index (κ2) is 13.8. The molecule has 0 aliphatic rings. The van der Waals surface area contributed by atoms with Crippen LogP contribution < -0.4 is 27.0 Å². The van der Waals surface area contributed by atoms with Gasteiger partial charge in [0.05, 0.1) is 46.2 Å². The average molecular weight is 545 g/mol. The van der Waals surface area contributed by atoms with Crippen molar-refractivity contribution in [1.29, 1.82) is 0 Å². The number of nitrogen functional groups attached to an aromatic ring is 1. The molecule has 0 saturated carbocycles. The van der Waals surface area contributed by atoms with E-state index in [1.165, 1.54) is 18.3 Å². The molecule has 0 radical (unpaired) electrons.